The molecule has 26 heavy (non-hydrogen) atoms. The van der Waals surface area contributed by atoms with Crippen LogP contribution in [0.5, 0.6) is 5.75 Å². The van der Waals surface area contributed by atoms with Crippen LogP contribution in [0.2, 0.25) is 0 Å². The summed E-state index contributed by atoms with van der Waals surface area (Å²) in [6, 6.07) is 6.10. The Kier molecular flexibility index (Phi) is 6.68. The van der Waals surface area contributed by atoms with Crippen LogP contribution in [-0.2, 0) is 9.59 Å². The van der Waals surface area contributed by atoms with E-state index >= 15 is 0 Å². The highest BCUT2D eigenvalue weighted by Gasteiger charge is 2.25. The number of nitrogens with zero attached hydrogens (tertiary/aromatic N) is 1. The van der Waals surface area contributed by atoms with Gasteiger partial charge in [0.1, 0.15) is 5.75 Å². The fraction of sp³-hybridized carbons (Fsp3) is 0.619. The highest BCUT2D eigenvalue weighted by Crippen LogP contribution is 2.20. The number of carbonyl (C=O) groups is 2. The molecule has 1 aromatic rings. The van der Waals surface area contributed by atoms with Gasteiger partial charge in [-0.25, -0.2) is 0 Å². The largest absolute Gasteiger partial charge is 0.484 e. The maximum Gasteiger partial charge on any atom is 0.260 e. The van der Waals surface area contributed by atoms with Crippen molar-refractivity contribution in [1.29, 1.82) is 0 Å². The first kappa shape index (κ1) is 20.3. The summed E-state index contributed by atoms with van der Waals surface area (Å²) >= 11 is 0. The van der Waals surface area contributed by atoms with Gasteiger partial charge in [-0.15, -0.1) is 0 Å². The minimum atomic E-state index is -0.00774. The summed E-state index contributed by atoms with van der Waals surface area (Å²) in [5.74, 6) is 0.859. The third-order valence-electron chi connectivity index (χ3n) is 4.59. The van der Waals surface area contributed by atoms with Gasteiger partial charge < -0.3 is 15.0 Å². The summed E-state index contributed by atoms with van der Waals surface area (Å²) < 4.78 is 5.69. The van der Waals surface area contributed by atoms with Gasteiger partial charge in [0.25, 0.3) is 5.91 Å². The molecule has 2 amide bonds. The molecule has 0 aliphatic carbocycles. The number of aryl methyl sites for hydroxylation is 2. The standard InChI is InChI=1S/C21H32N2O3/c1-15-6-7-18(16(2)12-15)26-14-20(25)23-10-8-17(9-11-23)22-19(24)13-21(3,4)5/h6-7,12,17H,8-11,13-14H2,1-5H3,(H,22,24). The number of amides is 2. The van der Waals surface area contributed by atoms with E-state index in [0.717, 1.165) is 24.2 Å². The maximum atomic E-state index is 12.4. The second-order valence-electron chi connectivity index (χ2n) is 8.52. The van der Waals surface area contributed by atoms with Gasteiger partial charge in [-0.1, -0.05) is 38.5 Å². The first-order chi connectivity index (χ1) is 12.1. The van der Waals surface area contributed by atoms with Crippen molar-refractivity contribution in [1.82, 2.24) is 10.2 Å². The van der Waals surface area contributed by atoms with Crippen LogP contribution < -0.4 is 10.1 Å². The smallest absolute Gasteiger partial charge is 0.260 e. The minimum Gasteiger partial charge on any atom is -0.484 e. The van der Waals surface area contributed by atoms with Gasteiger partial charge in [-0.3, -0.25) is 9.59 Å². The number of likely N-dealkylation sites (tertiary alicyclic amines) is 1. The molecule has 1 heterocycles. The fourth-order valence-corrected chi connectivity index (χ4v) is 3.23. The van der Waals surface area contributed by atoms with E-state index in [0.29, 0.717) is 19.5 Å². The Morgan fingerprint density at radius 1 is 1.19 bits per heavy atom. The molecule has 0 spiro atoms. The topological polar surface area (TPSA) is 58.6 Å². The first-order valence-corrected chi connectivity index (χ1v) is 9.41. The molecule has 1 fully saturated rings. The number of nitrogens with one attached hydrogen (secondary N) is 1. The second-order valence-corrected chi connectivity index (χ2v) is 8.52. The SMILES string of the molecule is Cc1ccc(OCC(=O)N2CCC(NC(=O)CC(C)(C)C)CC2)c(C)c1. The molecule has 1 aromatic carbocycles. The van der Waals surface area contributed by atoms with Gasteiger partial charge >= 0.3 is 0 Å². The third-order valence-corrected chi connectivity index (χ3v) is 4.59. The van der Waals surface area contributed by atoms with Crippen LogP contribution in [0.4, 0.5) is 0 Å². The first-order valence-electron chi connectivity index (χ1n) is 9.41. The third kappa shape index (κ3) is 6.36. The maximum absolute atomic E-state index is 12.4. The van der Waals surface area contributed by atoms with Crippen LogP contribution in [0.3, 0.4) is 0 Å². The molecule has 1 aliphatic heterocycles. The van der Waals surface area contributed by atoms with E-state index in [4.69, 9.17) is 4.74 Å². The Morgan fingerprint density at radius 2 is 1.85 bits per heavy atom. The van der Waals surface area contributed by atoms with E-state index in [-0.39, 0.29) is 29.9 Å². The predicted molar refractivity (Wildman–Crippen MR) is 103 cm³/mol. The predicted octanol–water partition coefficient (Wildman–Crippen LogP) is 3.23. The number of carbonyl (C=O) groups excluding carboxylic acids is 2. The van der Waals surface area contributed by atoms with Crippen molar-refractivity contribution in [2.45, 2.75) is 59.9 Å². The molecule has 1 N–H and O–H groups in total. The molecule has 5 heteroatoms. The van der Waals surface area contributed by atoms with E-state index < -0.39 is 0 Å². The van der Waals surface area contributed by atoms with E-state index in [1.165, 1.54) is 5.56 Å². The van der Waals surface area contributed by atoms with Crippen molar-refractivity contribution in [3.63, 3.8) is 0 Å². The molecule has 1 saturated heterocycles. The van der Waals surface area contributed by atoms with Crippen molar-refractivity contribution < 1.29 is 14.3 Å². The van der Waals surface area contributed by atoms with E-state index in [1.54, 1.807) is 0 Å². The number of hydrogen-bond acceptors (Lipinski definition) is 3. The summed E-state index contributed by atoms with van der Waals surface area (Å²) in [5.41, 5.74) is 2.21. The lowest BCUT2D eigenvalue weighted by Crippen LogP contribution is -2.48. The Morgan fingerprint density at radius 3 is 2.42 bits per heavy atom. The molecule has 0 unspecified atom stereocenters. The van der Waals surface area contributed by atoms with Gasteiger partial charge in [-0.2, -0.15) is 0 Å². The highest BCUT2D eigenvalue weighted by atomic mass is 16.5. The number of hydrogen-bond donors (Lipinski definition) is 1. The van der Waals surface area contributed by atoms with Gasteiger partial charge in [0.2, 0.25) is 5.91 Å². The zero-order chi connectivity index (χ0) is 19.3. The van der Waals surface area contributed by atoms with Crippen molar-refractivity contribution in [3.8, 4) is 5.75 Å². The molecule has 1 aliphatic rings. The van der Waals surface area contributed by atoms with Crippen LogP contribution >= 0.6 is 0 Å². The van der Waals surface area contributed by atoms with Gasteiger partial charge in [0.05, 0.1) is 0 Å². The Hall–Kier alpha value is -2.04. The molecule has 0 saturated carbocycles. The lowest BCUT2D eigenvalue weighted by Gasteiger charge is -2.33. The summed E-state index contributed by atoms with van der Waals surface area (Å²) in [7, 11) is 0. The van der Waals surface area contributed by atoms with Gasteiger partial charge in [0, 0.05) is 25.6 Å². The minimum absolute atomic E-state index is 0.00411. The molecular weight excluding hydrogens is 328 g/mol. The summed E-state index contributed by atoms with van der Waals surface area (Å²) in [6.07, 6.45) is 2.12. The highest BCUT2D eigenvalue weighted by molar-refractivity contribution is 5.78. The average Bonchev–Trinajstić information content (AvgIpc) is 2.52. The Labute approximate surface area is 157 Å². The van der Waals surface area contributed by atoms with Crippen LogP contribution in [-0.4, -0.2) is 42.5 Å². The molecule has 0 atom stereocenters. The van der Waals surface area contributed by atoms with Crippen LogP contribution in [0.1, 0.15) is 51.2 Å². The second kappa shape index (κ2) is 8.56. The van der Waals surface area contributed by atoms with Crippen molar-refractivity contribution >= 4 is 11.8 Å². The van der Waals surface area contributed by atoms with E-state index in [1.807, 2.05) is 36.9 Å². The Balaban J connectivity index is 1.75. The van der Waals surface area contributed by atoms with Gasteiger partial charge in [-0.05, 0) is 43.7 Å². The average molecular weight is 360 g/mol. The number of benzene rings is 1. The van der Waals surface area contributed by atoms with Crippen LogP contribution in [0.15, 0.2) is 18.2 Å². The Bertz CT molecular complexity index is 641. The lowest BCUT2D eigenvalue weighted by molar-refractivity contribution is -0.134. The summed E-state index contributed by atoms with van der Waals surface area (Å²) in [6.45, 7) is 11.6. The van der Waals surface area contributed by atoms with Crippen LogP contribution in [0, 0.1) is 19.3 Å². The molecule has 0 bridgehead atoms. The van der Waals surface area contributed by atoms with Crippen molar-refractivity contribution in [3.05, 3.63) is 29.3 Å². The number of rotatable bonds is 5. The van der Waals surface area contributed by atoms with E-state index in [2.05, 4.69) is 26.1 Å². The lowest BCUT2D eigenvalue weighted by atomic mass is 9.91. The molecule has 2 rings (SSSR count). The zero-order valence-electron chi connectivity index (χ0n) is 16.7. The molecule has 5 nitrogen and oxygen atoms in total. The van der Waals surface area contributed by atoms with Gasteiger partial charge in [0.15, 0.2) is 6.61 Å². The molecule has 0 radical (unpaired) electrons. The number of ether oxygens (including phenoxy) is 1. The summed E-state index contributed by atoms with van der Waals surface area (Å²) in [4.78, 5) is 26.3. The number of piperidine rings is 1. The molecule has 144 valence electrons. The summed E-state index contributed by atoms with van der Waals surface area (Å²) in [5, 5.41) is 3.10. The normalized spacial score (nSPS) is 15.7. The monoisotopic (exact) mass is 360 g/mol. The van der Waals surface area contributed by atoms with Crippen molar-refractivity contribution in [2.24, 2.45) is 5.41 Å². The fourth-order valence-electron chi connectivity index (χ4n) is 3.23. The van der Waals surface area contributed by atoms with Crippen molar-refractivity contribution in [2.75, 3.05) is 19.7 Å². The molecular formula is C21H32N2O3. The molecule has 0 aromatic heterocycles. The quantitative estimate of drug-likeness (QED) is 0.877. The zero-order valence-corrected chi connectivity index (χ0v) is 16.7. The van der Waals surface area contributed by atoms with E-state index in [9.17, 15) is 9.59 Å². The van der Waals surface area contributed by atoms with Crippen LogP contribution in [0.25, 0.3) is 0 Å².